The van der Waals surface area contributed by atoms with E-state index in [0.717, 1.165) is 38.6 Å². The fraction of sp³-hybridized carbons (Fsp3) is 0.0714. The summed E-state index contributed by atoms with van der Waals surface area (Å²) >= 11 is 0. The predicted molar refractivity (Wildman–Crippen MR) is 186 cm³/mol. The first-order valence-corrected chi connectivity index (χ1v) is 15.6. The molecule has 8 aromatic rings. The molecule has 0 spiro atoms. The Hall–Kier alpha value is -5.87. The predicted octanol–water partition coefficient (Wildman–Crippen LogP) is 10.7. The van der Waals surface area contributed by atoms with E-state index >= 15 is 0 Å². The van der Waals surface area contributed by atoms with Gasteiger partial charge in [0.2, 0.25) is 0 Å². The minimum absolute atomic E-state index is 0.0393. The molecule has 0 unspecified atom stereocenters. The van der Waals surface area contributed by atoms with Gasteiger partial charge >= 0.3 is 0 Å². The van der Waals surface area contributed by atoms with Crippen LogP contribution in [0, 0.1) is 0 Å². The molecule has 4 nitrogen and oxygen atoms in total. The van der Waals surface area contributed by atoms with Crippen LogP contribution in [0.1, 0.15) is 25.0 Å². The Kier molecular flexibility index (Phi) is 5.81. The van der Waals surface area contributed by atoms with E-state index in [4.69, 9.17) is 19.4 Å². The Bertz CT molecular complexity index is 2440. The van der Waals surface area contributed by atoms with Gasteiger partial charge in [-0.1, -0.05) is 135 Å². The van der Waals surface area contributed by atoms with Crippen LogP contribution in [0.5, 0.6) is 0 Å². The summed E-state index contributed by atoms with van der Waals surface area (Å²) in [6, 6.07) is 48.5. The number of benzene rings is 6. The molecule has 0 amide bonds. The number of hydrogen-bond acceptors (Lipinski definition) is 4. The van der Waals surface area contributed by atoms with E-state index in [1.165, 1.54) is 33.4 Å². The van der Waals surface area contributed by atoms with Crippen LogP contribution in [-0.2, 0) is 5.41 Å². The maximum absolute atomic E-state index is 6.19. The smallest absolute Gasteiger partial charge is 0.164 e. The maximum atomic E-state index is 6.19. The van der Waals surface area contributed by atoms with Gasteiger partial charge < -0.3 is 4.42 Å². The minimum Gasteiger partial charge on any atom is -0.456 e. The van der Waals surface area contributed by atoms with Gasteiger partial charge in [-0.2, -0.15) is 0 Å². The highest BCUT2D eigenvalue weighted by molar-refractivity contribution is 6.05. The third kappa shape index (κ3) is 4.11. The van der Waals surface area contributed by atoms with Gasteiger partial charge in [0, 0.05) is 32.9 Å². The molecule has 46 heavy (non-hydrogen) atoms. The SMILES string of the molecule is CC1(C)c2ccccc2-c2c(-c3ccc(-c4nc(-c5ccccc5)nc(-c5ccc6c(c5)oc5ccccc56)n4)cc3)cccc21. The van der Waals surface area contributed by atoms with E-state index in [9.17, 15) is 0 Å². The van der Waals surface area contributed by atoms with E-state index in [1.807, 2.05) is 54.6 Å². The molecule has 0 bridgehead atoms. The first-order valence-electron chi connectivity index (χ1n) is 15.6. The summed E-state index contributed by atoms with van der Waals surface area (Å²) in [6.45, 7) is 4.64. The number of furan rings is 1. The summed E-state index contributed by atoms with van der Waals surface area (Å²) in [5.74, 6) is 1.87. The van der Waals surface area contributed by atoms with E-state index < -0.39 is 0 Å². The van der Waals surface area contributed by atoms with Crippen LogP contribution in [0.2, 0.25) is 0 Å². The molecule has 0 radical (unpaired) electrons. The lowest BCUT2D eigenvalue weighted by atomic mass is 9.82. The maximum Gasteiger partial charge on any atom is 0.164 e. The summed E-state index contributed by atoms with van der Waals surface area (Å²) in [6.07, 6.45) is 0. The van der Waals surface area contributed by atoms with Gasteiger partial charge in [0.1, 0.15) is 11.2 Å². The fourth-order valence-corrected chi connectivity index (χ4v) is 7.01. The highest BCUT2D eigenvalue weighted by atomic mass is 16.3. The van der Waals surface area contributed by atoms with Gasteiger partial charge in [-0.3, -0.25) is 0 Å². The van der Waals surface area contributed by atoms with Crippen LogP contribution < -0.4 is 0 Å². The van der Waals surface area contributed by atoms with Crippen LogP contribution in [0.3, 0.4) is 0 Å². The first-order chi connectivity index (χ1) is 22.5. The molecule has 1 aliphatic carbocycles. The van der Waals surface area contributed by atoms with Gasteiger partial charge in [0.25, 0.3) is 0 Å². The molecule has 0 atom stereocenters. The van der Waals surface area contributed by atoms with Crippen molar-refractivity contribution in [1.29, 1.82) is 0 Å². The van der Waals surface area contributed by atoms with E-state index in [0.29, 0.717) is 17.5 Å². The standard InChI is InChI=1S/C42H29N3O/c1-42(2)34-16-8-6-14-33(34)38-30(15-10-17-35(38)42)26-19-21-28(22-20-26)40-43-39(27-11-4-3-5-12-27)44-41(45-40)29-23-24-32-31-13-7-9-18-36(31)46-37(32)25-29/h3-25H,1-2H3. The Labute approximate surface area is 267 Å². The summed E-state index contributed by atoms with van der Waals surface area (Å²) < 4.78 is 6.19. The van der Waals surface area contributed by atoms with Crippen molar-refractivity contribution in [3.63, 3.8) is 0 Å². The van der Waals surface area contributed by atoms with E-state index in [-0.39, 0.29) is 5.41 Å². The Morgan fingerprint density at radius 2 is 1.00 bits per heavy atom. The van der Waals surface area contributed by atoms with Crippen LogP contribution in [0.4, 0.5) is 0 Å². The molecule has 218 valence electrons. The molecule has 0 N–H and O–H groups in total. The molecule has 6 aromatic carbocycles. The van der Waals surface area contributed by atoms with Gasteiger partial charge in [-0.05, 0) is 51.6 Å². The summed E-state index contributed by atoms with van der Waals surface area (Å²) in [4.78, 5) is 14.9. The lowest BCUT2D eigenvalue weighted by Crippen LogP contribution is -2.14. The minimum atomic E-state index is -0.0393. The number of aromatic nitrogens is 3. The first kappa shape index (κ1) is 26.5. The number of nitrogens with zero attached hydrogens (tertiary/aromatic N) is 3. The normalized spacial score (nSPS) is 13.2. The highest BCUT2D eigenvalue weighted by Gasteiger charge is 2.36. The van der Waals surface area contributed by atoms with E-state index in [2.05, 4.69) is 98.8 Å². The second-order valence-corrected chi connectivity index (χ2v) is 12.5. The molecule has 0 saturated carbocycles. The monoisotopic (exact) mass is 591 g/mol. The summed E-state index contributed by atoms with van der Waals surface area (Å²) in [7, 11) is 0. The zero-order valence-corrected chi connectivity index (χ0v) is 25.5. The van der Waals surface area contributed by atoms with E-state index in [1.54, 1.807) is 0 Å². The Morgan fingerprint density at radius 1 is 0.435 bits per heavy atom. The molecular weight excluding hydrogens is 562 g/mol. The van der Waals surface area contributed by atoms with Crippen LogP contribution >= 0.6 is 0 Å². The third-order valence-corrected chi connectivity index (χ3v) is 9.37. The van der Waals surface area contributed by atoms with Gasteiger partial charge in [-0.15, -0.1) is 0 Å². The number of hydrogen-bond donors (Lipinski definition) is 0. The number of rotatable bonds is 4. The van der Waals surface area contributed by atoms with Crippen LogP contribution in [0.25, 0.3) is 78.4 Å². The Balaban J connectivity index is 1.16. The zero-order chi connectivity index (χ0) is 30.8. The second-order valence-electron chi connectivity index (χ2n) is 12.5. The van der Waals surface area contributed by atoms with Crippen molar-refractivity contribution in [3.05, 3.63) is 151 Å². The summed E-state index contributed by atoms with van der Waals surface area (Å²) in [5.41, 5.74) is 12.2. The Morgan fingerprint density at radius 3 is 1.80 bits per heavy atom. The van der Waals surface area contributed by atoms with Gasteiger partial charge in [0.05, 0.1) is 0 Å². The van der Waals surface area contributed by atoms with Crippen molar-refractivity contribution in [2.45, 2.75) is 19.3 Å². The van der Waals surface area contributed by atoms with Crippen molar-refractivity contribution in [2.75, 3.05) is 0 Å². The molecule has 2 aromatic heterocycles. The molecule has 4 heteroatoms. The van der Waals surface area contributed by atoms with Crippen LogP contribution in [0.15, 0.2) is 144 Å². The molecule has 9 rings (SSSR count). The molecule has 0 fully saturated rings. The number of para-hydroxylation sites is 1. The second kappa shape index (κ2) is 10.1. The average Bonchev–Trinajstić information content (AvgIpc) is 3.60. The fourth-order valence-electron chi connectivity index (χ4n) is 7.01. The molecule has 0 aliphatic heterocycles. The zero-order valence-electron chi connectivity index (χ0n) is 25.5. The van der Waals surface area contributed by atoms with Crippen molar-refractivity contribution >= 4 is 21.9 Å². The topological polar surface area (TPSA) is 51.8 Å². The average molecular weight is 592 g/mol. The summed E-state index contributed by atoms with van der Waals surface area (Å²) in [5, 5.41) is 2.17. The van der Waals surface area contributed by atoms with Gasteiger partial charge in [-0.25, -0.2) is 15.0 Å². The van der Waals surface area contributed by atoms with Gasteiger partial charge in [0.15, 0.2) is 17.5 Å². The lowest BCUT2D eigenvalue weighted by Gasteiger charge is -2.21. The van der Waals surface area contributed by atoms with Crippen LogP contribution in [-0.4, -0.2) is 15.0 Å². The molecule has 1 aliphatic rings. The van der Waals surface area contributed by atoms with Crippen molar-refractivity contribution in [3.8, 4) is 56.4 Å². The van der Waals surface area contributed by atoms with Crippen molar-refractivity contribution in [2.24, 2.45) is 0 Å². The van der Waals surface area contributed by atoms with Crippen molar-refractivity contribution < 1.29 is 4.42 Å². The van der Waals surface area contributed by atoms with Crippen molar-refractivity contribution in [1.82, 2.24) is 15.0 Å². The molecule has 0 saturated heterocycles. The molecular formula is C42H29N3O. The lowest BCUT2D eigenvalue weighted by molar-refractivity contribution is 0.660. The third-order valence-electron chi connectivity index (χ3n) is 9.37. The molecule has 2 heterocycles. The highest BCUT2D eigenvalue weighted by Crippen LogP contribution is 2.52. The number of fused-ring (bicyclic) bond motifs is 6. The largest absolute Gasteiger partial charge is 0.456 e. The quantitative estimate of drug-likeness (QED) is 0.204.